The van der Waals surface area contributed by atoms with Gasteiger partial charge < -0.3 is 64.5 Å². The highest BCUT2D eigenvalue weighted by Crippen LogP contribution is 2.44. The van der Waals surface area contributed by atoms with Crippen molar-refractivity contribution in [3.05, 3.63) is 279 Å². The summed E-state index contributed by atoms with van der Waals surface area (Å²) in [4.78, 5) is 12.6. The van der Waals surface area contributed by atoms with Gasteiger partial charge in [0.25, 0.3) is 0 Å². The summed E-state index contributed by atoms with van der Waals surface area (Å²) in [6.07, 6.45) is -5.95. The van der Waals surface area contributed by atoms with Gasteiger partial charge in [0.05, 0.1) is 11.7 Å². The summed E-state index contributed by atoms with van der Waals surface area (Å²) >= 11 is 11.9. The van der Waals surface area contributed by atoms with Crippen LogP contribution in [-0.2, 0) is 17.6 Å². The van der Waals surface area contributed by atoms with Crippen molar-refractivity contribution in [3.8, 4) is 40.2 Å². The molecule has 10 atom stereocenters. The first-order chi connectivity index (χ1) is 40.2. The lowest BCUT2D eigenvalue weighted by Gasteiger charge is -2.34. The Morgan fingerprint density at radius 3 is 1.22 bits per heavy atom. The third-order valence-corrected chi connectivity index (χ3v) is 14.9. The zero-order valence-electron chi connectivity index (χ0n) is 44.3. The van der Waals surface area contributed by atoms with Crippen LogP contribution in [0.3, 0.4) is 0 Å². The number of aliphatic hydroxyl groups is 5. The summed E-state index contributed by atoms with van der Waals surface area (Å²) in [5.74, 6) is 0.174. The van der Waals surface area contributed by atoms with Crippen molar-refractivity contribution in [3.63, 3.8) is 0 Å². The molecule has 88 heavy (non-hydrogen) atoms. The van der Waals surface area contributed by atoms with Crippen molar-refractivity contribution in [2.24, 2.45) is 0 Å². The maximum atomic E-state index is 12.6. The fraction of sp³-hybridized carbons (Fsp3) is 0.236. The maximum absolute atomic E-state index is 12.6. The van der Waals surface area contributed by atoms with Gasteiger partial charge in [0.1, 0.15) is 59.6 Å². The molecule has 4 aliphatic rings. The number of benzene rings is 9. The molecule has 9 aromatic carbocycles. The number of hydrogen-bond acceptors (Lipinski definition) is 14. The van der Waals surface area contributed by atoms with Gasteiger partial charge in [-0.05, 0) is 94.0 Å². The zero-order chi connectivity index (χ0) is 58.1. The van der Waals surface area contributed by atoms with Crippen molar-refractivity contribution in [1.82, 2.24) is 0 Å². The predicted octanol–water partition coefficient (Wildman–Crippen LogP) is 15.3. The van der Waals surface area contributed by atoms with Crippen molar-refractivity contribution in [2.45, 2.75) is 111 Å². The molecule has 16 heteroatoms. The number of phenols is 3. The summed E-state index contributed by atoms with van der Waals surface area (Å²) in [5.41, 5.74) is 6.51. The van der Waals surface area contributed by atoms with Crippen LogP contribution in [0.1, 0.15) is 129 Å². The van der Waals surface area contributed by atoms with Crippen LogP contribution < -0.4 is 18.9 Å². The Labute approximate surface area is 525 Å². The SMILES string of the molecule is C.C.C.C.C.O=C(O[C@H]1Cc2ccccc2O[C@@H]1c1ccccc1)c1cc(O)c(O)c(O)c1.O[C@@H]1[C@@H](c2cccc(Cl)c2)Oc2ccccc2[C@@H]1O.O[C@@H]1[C@@H](c2cccc(Cl)c2)Oc2ccccc2[C@@H]1O.O[C@H]1Cc2ccccc2O[C@@H]1c1ccccc1. The number of para-hydroxylation sites is 4. The highest BCUT2D eigenvalue weighted by atomic mass is 35.5. The lowest BCUT2D eigenvalue weighted by atomic mass is 9.92. The second kappa shape index (κ2) is 31.9. The molecule has 4 heterocycles. The van der Waals surface area contributed by atoms with E-state index < -0.39 is 78.2 Å². The molecule has 0 unspecified atom stereocenters. The largest absolute Gasteiger partial charge is 0.504 e. The third-order valence-electron chi connectivity index (χ3n) is 14.4. The highest BCUT2D eigenvalue weighted by molar-refractivity contribution is 6.30. The van der Waals surface area contributed by atoms with E-state index in [2.05, 4.69) is 0 Å². The minimum absolute atomic E-state index is 0. The lowest BCUT2D eigenvalue weighted by Crippen LogP contribution is -2.34. The molecule has 0 fully saturated rings. The zero-order valence-corrected chi connectivity index (χ0v) is 45.8. The van der Waals surface area contributed by atoms with Crippen molar-refractivity contribution >= 4 is 29.2 Å². The Hall–Kier alpha value is -8.57. The monoisotopic (exact) mass is 1240 g/mol. The van der Waals surface area contributed by atoms with Crippen LogP contribution in [-0.4, -0.2) is 71.2 Å². The quantitative estimate of drug-likeness (QED) is 0.0573. The first-order valence-corrected chi connectivity index (χ1v) is 27.4. The summed E-state index contributed by atoms with van der Waals surface area (Å²) in [6, 6.07) is 65.4. The van der Waals surface area contributed by atoms with Crippen LogP contribution in [0.2, 0.25) is 10.0 Å². The van der Waals surface area contributed by atoms with E-state index in [1.807, 2.05) is 133 Å². The second-order valence-corrected chi connectivity index (χ2v) is 20.9. The predicted molar refractivity (Wildman–Crippen MR) is 345 cm³/mol. The summed E-state index contributed by atoms with van der Waals surface area (Å²) in [5, 5.41) is 80.8. The number of halogens is 2. The topological polar surface area (TPSA) is 225 Å². The molecular weight excluding hydrogens is 1160 g/mol. The molecule has 0 spiro atoms. The molecule has 0 saturated carbocycles. The van der Waals surface area contributed by atoms with E-state index in [1.54, 1.807) is 72.8 Å². The van der Waals surface area contributed by atoms with E-state index in [1.165, 1.54) is 0 Å². The molecule has 13 rings (SSSR count). The van der Waals surface area contributed by atoms with Crippen LogP contribution in [0.15, 0.2) is 218 Å². The van der Waals surface area contributed by atoms with Gasteiger partial charge in [-0.15, -0.1) is 0 Å². The third kappa shape index (κ3) is 16.1. The van der Waals surface area contributed by atoms with E-state index in [9.17, 15) is 45.6 Å². The number of phenolic OH excluding ortho intramolecular Hbond substituents is 3. The molecule has 0 aromatic heterocycles. The van der Waals surface area contributed by atoms with E-state index >= 15 is 0 Å². The van der Waals surface area contributed by atoms with E-state index in [-0.39, 0.29) is 48.8 Å². The summed E-state index contributed by atoms with van der Waals surface area (Å²) in [7, 11) is 0. The molecule has 464 valence electrons. The number of ether oxygens (including phenoxy) is 5. The van der Waals surface area contributed by atoms with Gasteiger partial charge in [-0.1, -0.05) is 218 Å². The van der Waals surface area contributed by atoms with Crippen LogP contribution in [0.5, 0.6) is 40.2 Å². The van der Waals surface area contributed by atoms with Gasteiger partial charge in [-0.2, -0.15) is 0 Å². The second-order valence-electron chi connectivity index (χ2n) is 20.0. The number of rotatable bonds is 6. The first kappa shape index (κ1) is 70.2. The number of aromatic hydroxyl groups is 3. The molecule has 0 bridgehead atoms. The minimum Gasteiger partial charge on any atom is -0.504 e. The maximum Gasteiger partial charge on any atom is 0.338 e. The Morgan fingerprint density at radius 1 is 0.398 bits per heavy atom. The normalized spacial score (nSPS) is 21.1. The van der Waals surface area contributed by atoms with Gasteiger partial charge in [0.2, 0.25) is 0 Å². The van der Waals surface area contributed by atoms with Crippen molar-refractivity contribution in [2.75, 3.05) is 0 Å². The van der Waals surface area contributed by atoms with Crippen LogP contribution in [0.4, 0.5) is 0 Å². The molecule has 8 N–H and O–H groups in total. The summed E-state index contributed by atoms with van der Waals surface area (Å²) in [6.45, 7) is 0. The minimum atomic E-state index is -1.02. The van der Waals surface area contributed by atoms with E-state index in [4.69, 9.17) is 46.9 Å². The molecule has 0 saturated heterocycles. The Balaban J connectivity index is 0.000000214. The number of fused-ring (bicyclic) bond motifs is 4. The number of carbonyl (C=O) groups excluding carboxylic acids is 1. The smallest absolute Gasteiger partial charge is 0.338 e. The van der Waals surface area contributed by atoms with Gasteiger partial charge >= 0.3 is 5.97 Å². The number of carbonyl (C=O) groups is 1. The number of esters is 1. The molecule has 9 aromatic rings. The van der Waals surface area contributed by atoms with Gasteiger partial charge in [-0.25, -0.2) is 4.79 Å². The van der Waals surface area contributed by atoms with Crippen LogP contribution >= 0.6 is 23.2 Å². The molecule has 4 aliphatic heterocycles. The van der Waals surface area contributed by atoms with Gasteiger partial charge in [0.15, 0.2) is 35.6 Å². The highest BCUT2D eigenvalue weighted by Gasteiger charge is 2.39. The van der Waals surface area contributed by atoms with E-state index in [0.717, 1.165) is 57.0 Å². The molecule has 14 nitrogen and oxygen atoms in total. The molecule has 0 radical (unpaired) electrons. The fourth-order valence-electron chi connectivity index (χ4n) is 10.2. The number of aliphatic hydroxyl groups excluding tert-OH is 5. The fourth-order valence-corrected chi connectivity index (χ4v) is 10.6. The lowest BCUT2D eigenvalue weighted by molar-refractivity contribution is -0.0699. The Bertz CT molecular complexity index is 3530. The standard InChI is InChI=1S/C22H18O6.2C15H13ClO3.C15H14O2.5CH4/c23-16-10-15(11-17(24)20(16)25)22(26)28-19-12-14-8-4-5-9-18(14)27-21(19)13-6-2-1-3-7-13;2*16-10-5-3-4-9(8-10)15-14(18)13(17)11-6-1-2-7-12(11)19-15;16-13-10-12-8-4-5-9-14(12)17-15(13)11-6-2-1-3-7-11;;;;;/h1-11,19,21,23-25H,12H2;2*1-8,13-15,17-18H;1-9,13,15-16H,10H2;5*1H4/t19-,21+;2*13-,14-,15+;13-,15+;;;;;/m0000...../s1. The number of hydrogen-bond donors (Lipinski definition) is 8. The van der Waals surface area contributed by atoms with Crippen molar-refractivity contribution in [1.29, 1.82) is 0 Å². The van der Waals surface area contributed by atoms with Crippen molar-refractivity contribution < 1.29 is 69.3 Å². The molecular formula is C72H78Cl2O14. The van der Waals surface area contributed by atoms with Gasteiger partial charge in [-0.3, -0.25) is 0 Å². The summed E-state index contributed by atoms with van der Waals surface area (Å²) < 4.78 is 29.3. The molecule has 0 aliphatic carbocycles. The Morgan fingerprint density at radius 2 is 0.761 bits per heavy atom. The first-order valence-electron chi connectivity index (χ1n) is 26.7. The average molecular weight is 1240 g/mol. The van der Waals surface area contributed by atoms with Gasteiger partial charge in [0, 0.05) is 34.0 Å². The Kier molecular flexibility index (Phi) is 25.4. The molecule has 0 amide bonds. The van der Waals surface area contributed by atoms with Crippen LogP contribution in [0.25, 0.3) is 0 Å². The average Bonchev–Trinajstić information content (AvgIpc) is 3.39. The van der Waals surface area contributed by atoms with E-state index in [0.29, 0.717) is 45.5 Å². The van der Waals surface area contributed by atoms with Crippen LogP contribution in [0, 0.1) is 0 Å².